The average molecular weight is 280 g/mol. The monoisotopic (exact) mass is 280 g/mol. The van der Waals surface area contributed by atoms with E-state index in [0.717, 1.165) is 26.2 Å². The molecule has 1 N–H and O–H groups in total. The summed E-state index contributed by atoms with van der Waals surface area (Å²) in [6.45, 7) is 4.61. The Kier molecular flexibility index (Phi) is 3.73. The molecule has 0 amide bonds. The lowest BCUT2D eigenvalue weighted by molar-refractivity contribution is -0.0953. The van der Waals surface area contributed by atoms with E-state index in [1.807, 2.05) is 0 Å². The van der Waals surface area contributed by atoms with Crippen LogP contribution in [0.25, 0.3) is 0 Å². The van der Waals surface area contributed by atoms with Gasteiger partial charge < -0.3 is 19.5 Å². The highest BCUT2D eigenvalue weighted by molar-refractivity contribution is 5.34. The second kappa shape index (κ2) is 5.51. The van der Waals surface area contributed by atoms with Crippen molar-refractivity contribution in [3.05, 3.63) is 12.3 Å². The van der Waals surface area contributed by atoms with Gasteiger partial charge in [0.25, 0.3) is 0 Å². The van der Waals surface area contributed by atoms with Crippen molar-refractivity contribution in [3.8, 4) is 5.88 Å². The number of aliphatic hydroxyl groups excluding tert-OH is 1. The zero-order chi connectivity index (χ0) is 14.0. The fourth-order valence-corrected chi connectivity index (χ4v) is 2.90. The van der Waals surface area contributed by atoms with E-state index in [2.05, 4.69) is 19.8 Å². The Morgan fingerprint density at radius 1 is 1.45 bits per heavy atom. The fraction of sp³-hybridized carbons (Fsp3) is 0.692. The van der Waals surface area contributed by atoms with Gasteiger partial charge >= 0.3 is 0 Å². The molecular formula is C13H20N4O3. The number of aliphatic hydroxyl groups is 1. The number of aromatic nitrogens is 2. The topological polar surface area (TPSA) is 71.0 Å². The summed E-state index contributed by atoms with van der Waals surface area (Å²) < 4.78 is 10.7. The molecule has 7 heteroatoms. The van der Waals surface area contributed by atoms with Crippen LogP contribution in [-0.4, -0.2) is 78.6 Å². The van der Waals surface area contributed by atoms with E-state index in [9.17, 15) is 5.11 Å². The molecule has 1 aromatic heterocycles. The molecule has 3 heterocycles. The normalized spacial score (nSPS) is 27.2. The van der Waals surface area contributed by atoms with E-state index in [1.54, 1.807) is 19.4 Å². The fourth-order valence-electron chi connectivity index (χ4n) is 2.90. The summed E-state index contributed by atoms with van der Waals surface area (Å²) in [6, 6.07) is 1.73. The number of anilines is 1. The molecule has 1 aromatic rings. The van der Waals surface area contributed by atoms with Gasteiger partial charge in [0.15, 0.2) is 0 Å². The minimum Gasteiger partial charge on any atom is -0.481 e. The van der Waals surface area contributed by atoms with Crippen molar-refractivity contribution in [2.75, 3.05) is 58.0 Å². The second-order valence-corrected chi connectivity index (χ2v) is 5.24. The van der Waals surface area contributed by atoms with Gasteiger partial charge in [-0.1, -0.05) is 0 Å². The minimum absolute atomic E-state index is 0.0769. The molecule has 3 rings (SSSR count). The maximum absolute atomic E-state index is 9.83. The van der Waals surface area contributed by atoms with E-state index in [0.29, 0.717) is 25.0 Å². The lowest BCUT2D eigenvalue weighted by Gasteiger charge is -2.52. The van der Waals surface area contributed by atoms with Crippen molar-refractivity contribution < 1.29 is 14.6 Å². The Morgan fingerprint density at radius 3 is 3.15 bits per heavy atom. The zero-order valence-electron chi connectivity index (χ0n) is 11.7. The molecular weight excluding hydrogens is 260 g/mol. The van der Waals surface area contributed by atoms with Gasteiger partial charge in [0.2, 0.25) is 11.8 Å². The van der Waals surface area contributed by atoms with Crippen LogP contribution in [0, 0.1) is 0 Å². The van der Waals surface area contributed by atoms with Crippen molar-refractivity contribution >= 4 is 5.95 Å². The van der Waals surface area contributed by atoms with Crippen LogP contribution in [0.15, 0.2) is 12.3 Å². The van der Waals surface area contributed by atoms with Crippen LogP contribution in [0.4, 0.5) is 5.95 Å². The number of nitrogens with zero attached hydrogens (tertiary/aromatic N) is 4. The van der Waals surface area contributed by atoms with Crippen LogP contribution in [0.5, 0.6) is 5.88 Å². The Morgan fingerprint density at radius 2 is 2.35 bits per heavy atom. The van der Waals surface area contributed by atoms with Gasteiger partial charge in [-0.05, 0) is 0 Å². The van der Waals surface area contributed by atoms with Crippen LogP contribution in [-0.2, 0) is 4.74 Å². The number of hydrogen-bond donors (Lipinski definition) is 1. The molecule has 1 atom stereocenters. The summed E-state index contributed by atoms with van der Waals surface area (Å²) >= 11 is 0. The van der Waals surface area contributed by atoms with Crippen molar-refractivity contribution in [1.29, 1.82) is 0 Å². The highest BCUT2D eigenvalue weighted by atomic mass is 16.5. The molecule has 0 saturated carbocycles. The zero-order valence-corrected chi connectivity index (χ0v) is 11.7. The molecule has 7 nitrogen and oxygen atoms in total. The van der Waals surface area contributed by atoms with Crippen molar-refractivity contribution in [1.82, 2.24) is 14.9 Å². The Hall–Kier alpha value is -1.44. The molecule has 0 aromatic carbocycles. The van der Waals surface area contributed by atoms with Gasteiger partial charge in [0.05, 0.1) is 32.5 Å². The maximum atomic E-state index is 9.83. The summed E-state index contributed by atoms with van der Waals surface area (Å²) in [4.78, 5) is 13.1. The third kappa shape index (κ3) is 2.32. The van der Waals surface area contributed by atoms with E-state index < -0.39 is 0 Å². The van der Waals surface area contributed by atoms with Crippen molar-refractivity contribution in [2.24, 2.45) is 0 Å². The van der Waals surface area contributed by atoms with Gasteiger partial charge in [-0.15, -0.1) is 0 Å². The Balaban J connectivity index is 1.81. The molecule has 0 bridgehead atoms. The summed E-state index contributed by atoms with van der Waals surface area (Å²) in [6.07, 6.45) is 1.69. The quantitative estimate of drug-likeness (QED) is 0.790. The Labute approximate surface area is 118 Å². The summed E-state index contributed by atoms with van der Waals surface area (Å²) in [5.41, 5.74) is -0.344. The van der Waals surface area contributed by atoms with E-state index in [-0.39, 0.29) is 12.1 Å². The molecule has 2 saturated heterocycles. The predicted molar refractivity (Wildman–Crippen MR) is 73.0 cm³/mol. The first-order valence-corrected chi connectivity index (χ1v) is 6.83. The highest BCUT2D eigenvalue weighted by Crippen LogP contribution is 2.27. The van der Waals surface area contributed by atoms with Crippen LogP contribution >= 0.6 is 0 Å². The molecule has 0 aliphatic carbocycles. The molecule has 2 fully saturated rings. The van der Waals surface area contributed by atoms with Gasteiger partial charge in [0.1, 0.15) is 0 Å². The SMILES string of the molecule is COc1ccnc(N2CCN3CCOCC3(CO)C2)n1. The molecule has 0 radical (unpaired) electrons. The molecule has 2 aliphatic heterocycles. The van der Waals surface area contributed by atoms with Crippen LogP contribution in [0.1, 0.15) is 0 Å². The number of hydrogen-bond acceptors (Lipinski definition) is 7. The lowest BCUT2D eigenvalue weighted by atomic mass is 9.94. The first-order chi connectivity index (χ1) is 9.77. The molecule has 1 unspecified atom stereocenters. The largest absolute Gasteiger partial charge is 0.481 e. The van der Waals surface area contributed by atoms with E-state index in [4.69, 9.17) is 9.47 Å². The van der Waals surface area contributed by atoms with Crippen molar-refractivity contribution in [3.63, 3.8) is 0 Å². The third-order valence-corrected chi connectivity index (χ3v) is 4.08. The van der Waals surface area contributed by atoms with Crippen LogP contribution < -0.4 is 9.64 Å². The predicted octanol–water partition coefficient (Wildman–Crippen LogP) is -0.631. The summed E-state index contributed by atoms with van der Waals surface area (Å²) in [5.74, 6) is 1.19. The standard InChI is InChI=1S/C13H20N4O3/c1-19-11-2-3-14-12(15-11)16-4-5-17-6-7-20-10-13(17,8-16)9-18/h2-3,18H,4-10H2,1H3. The Bertz CT molecular complexity index is 473. The number of fused-ring (bicyclic) bond motifs is 1. The first kappa shape index (κ1) is 13.5. The van der Waals surface area contributed by atoms with Gasteiger partial charge in [-0.3, -0.25) is 4.90 Å². The lowest BCUT2D eigenvalue weighted by Crippen LogP contribution is -2.69. The average Bonchev–Trinajstić information content (AvgIpc) is 2.54. The summed E-state index contributed by atoms with van der Waals surface area (Å²) in [5, 5.41) is 9.83. The number of rotatable bonds is 3. The van der Waals surface area contributed by atoms with E-state index in [1.165, 1.54) is 0 Å². The number of ether oxygens (including phenoxy) is 2. The molecule has 20 heavy (non-hydrogen) atoms. The van der Waals surface area contributed by atoms with Crippen LogP contribution in [0.3, 0.4) is 0 Å². The van der Waals surface area contributed by atoms with E-state index >= 15 is 0 Å². The first-order valence-electron chi connectivity index (χ1n) is 6.83. The smallest absolute Gasteiger partial charge is 0.228 e. The summed E-state index contributed by atoms with van der Waals surface area (Å²) in [7, 11) is 1.59. The van der Waals surface area contributed by atoms with Gasteiger partial charge in [0, 0.05) is 38.4 Å². The number of morpholine rings is 1. The molecule has 110 valence electrons. The maximum Gasteiger partial charge on any atom is 0.228 e. The van der Waals surface area contributed by atoms with Crippen LogP contribution in [0.2, 0.25) is 0 Å². The van der Waals surface area contributed by atoms with Crippen molar-refractivity contribution in [2.45, 2.75) is 5.54 Å². The second-order valence-electron chi connectivity index (χ2n) is 5.24. The molecule has 2 aliphatic rings. The third-order valence-electron chi connectivity index (χ3n) is 4.08. The minimum atomic E-state index is -0.344. The molecule has 0 spiro atoms. The van der Waals surface area contributed by atoms with Gasteiger partial charge in [-0.25, -0.2) is 4.98 Å². The number of piperazine rings is 1. The van der Waals surface area contributed by atoms with Gasteiger partial charge in [-0.2, -0.15) is 4.98 Å². The number of methoxy groups -OCH3 is 1. The highest BCUT2D eigenvalue weighted by Gasteiger charge is 2.44.